The first-order valence-corrected chi connectivity index (χ1v) is 5.72. The molecule has 80 valence electrons. The molecule has 0 fully saturated rings. The topological polar surface area (TPSA) is 76.0 Å². The minimum absolute atomic E-state index is 0.0671. The average Bonchev–Trinajstić information content (AvgIpc) is 1.93. The van der Waals surface area contributed by atoms with Crippen LogP contribution in [0.25, 0.3) is 0 Å². The lowest BCUT2D eigenvalue weighted by Gasteiger charge is -2.07. The molecule has 0 aromatic carbocycles. The zero-order valence-corrected chi connectivity index (χ0v) is 8.87. The summed E-state index contributed by atoms with van der Waals surface area (Å²) in [7, 11) is -4.31. The summed E-state index contributed by atoms with van der Waals surface area (Å²) in [5.41, 5.74) is 0. The van der Waals surface area contributed by atoms with Gasteiger partial charge in [-0.25, -0.2) is 4.57 Å². The van der Waals surface area contributed by atoms with Crippen molar-refractivity contribution in [2.75, 3.05) is 19.8 Å². The maximum atomic E-state index is 10.2. The second kappa shape index (κ2) is 6.51. The minimum atomic E-state index is -4.31. The van der Waals surface area contributed by atoms with Gasteiger partial charge in [0.1, 0.15) is 0 Å². The van der Waals surface area contributed by atoms with E-state index in [4.69, 9.17) is 14.5 Å². The molecule has 6 heteroatoms. The molecular formula is C7H17O5P. The summed E-state index contributed by atoms with van der Waals surface area (Å²) < 4.78 is 19.4. The van der Waals surface area contributed by atoms with Crippen molar-refractivity contribution < 1.29 is 23.6 Å². The summed E-state index contributed by atoms with van der Waals surface area (Å²) >= 11 is 0. The van der Waals surface area contributed by atoms with Crippen molar-refractivity contribution in [1.29, 1.82) is 0 Å². The maximum absolute atomic E-state index is 10.2. The normalized spacial score (nSPS) is 12.4. The third-order valence-electron chi connectivity index (χ3n) is 1.33. The van der Waals surface area contributed by atoms with E-state index in [1.807, 2.05) is 0 Å². The lowest BCUT2D eigenvalue weighted by atomic mass is 10.1. The van der Waals surface area contributed by atoms with Gasteiger partial charge in [0.2, 0.25) is 0 Å². The number of ether oxygens (including phenoxy) is 1. The highest BCUT2D eigenvalue weighted by molar-refractivity contribution is 7.46. The fraction of sp³-hybridized carbons (Fsp3) is 1.00. The molecule has 0 aliphatic heterocycles. The zero-order valence-electron chi connectivity index (χ0n) is 7.97. The fourth-order valence-corrected chi connectivity index (χ4v) is 0.949. The van der Waals surface area contributed by atoms with Gasteiger partial charge in [0.15, 0.2) is 0 Å². The molecule has 0 unspecified atom stereocenters. The van der Waals surface area contributed by atoms with Gasteiger partial charge in [-0.3, -0.25) is 4.52 Å². The molecular weight excluding hydrogens is 195 g/mol. The Kier molecular flexibility index (Phi) is 6.55. The number of hydrogen-bond donors (Lipinski definition) is 2. The van der Waals surface area contributed by atoms with Gasteiger partial charge in [-0.1, -0.05) is 13.8 Å². The molecule has 0 saturated carbocycles. The first-order chi connectivity index (χ1) is 5.92. The van der Waals surface area contributed by atoms with Crippen LogP contribution in [0.2, 0.25) is 0 Å². The Labute approximate surface area is 78.3 Å². The quantitative estimate of drug-likeness (QED) is 0.489. The lowest BCUT2D eigenvalue weighted by Crippen LogP contribution is -2.05. The summed E-state index contributed by atoms with van der Waals surface area (Å²) in [5, 5.41) is 0. The number of phosphoric ester groups is 1. The van der Waals surface area contributed by atoms with E-state index in [1.54, 1.807) is 0 Å². The van der Waals surface area contributed by atoms with Crippen molar-refractivity contribution in [1.82, 2.24) is 0 Å². The van der Waals surface area contributed by atoms with Crippen LogP contribution >= 0.6 is 7.82 Å². The van der Waals surface area contributed by atoms with Crippen molar-refractivity contribution in [2.24, 2.45) is 5.92 Å². The summed E-state index contributed by atoms with van der Waals surface area (Å²) in [6.45, 7) is 4.91. The van der Waals surface area contributed by atoms with Gasteiger partial charge in [0.05, 0.1) is 13.2 Å². The first kappa shape index (κ1) is 13.1. The number of phosphoric acid groups is 1. The molecule has 0 radical (unpaired) electrons. The van der Waals surface area contributed by atoms with Gasteiger partial charge in [-0.15, -0.1) is 0 Å². The van der Waals surface area contributed by atoms with Gasteiger partial charge in [0.25, 0.3) is 0 Å². The first-order valence-electron chi connectivity index (χ1n) is 4.19. The molecule has 0 aliphatic carbocycles. The van der Waals surface area contributed by atoms with Gasteiger partial charge < -0.3 is 14.5 Å². The highest BCUT2D eigenvalue weighted by Gasteiger charge is 2.12. The van der Waals surface area contributed by atoms with E-state index < -0.39 is 7.82 Å². The second-order valence-corrected chi connectivity index (χ2v) is 4.36. The van der Waals surface area contributed by atoms with Gasteiger partial charge in [-0.2, -0.15) is 0 Å². The van der Waals surface area contributed by atoms with Crippen LogP contribution in [0.1, 0.15) is 20.3 Å². The molecule has 0 heterocycles. The van der Waals surface area contributed by atoms with Crippen LogP contribution in [0.4, 0.5) is 0 Å². The summed E-state index contributed by atoms with van der Waals surface area (Å²) in [6, 6.07) is 0. The smallest absolute Gasteiger partial charge is 0.379 e. The highest BCUT2D eigenvalue weighted by Crippen LogP contribution is 2.35. The highest BCUT2D eigenvalue weighted by atomic mass is 31.2. The lowest BCUT2D eigenvalue weighted by molar-refractivity contribution is 0.0795. The van der Waals surface area contributed by atoms with Crippen LogP contribution in [-0.2, 0) is 13.8 Å². The van der Waals surface area contributed by atoms with Crippen LogP contribution in [0.3, 0.4) is 0 Å². The van der Waals surface area contributed by atoms with Crippen molar-refractivity contribution in [3.05, 3.63) is 0 Å². The molecule has 0 aliphatic rings. The Hall–Kier alpha value is 0.0700. The second-order valence-electron chi connectivity index (χ2n) is 3.12. The standard InChI is InChI=1S/C7H17O5P/c1-7(2)3-4-11-5-6-12-13(8,9)10/h7H,3-6H2,1-2H3,(H2,8,9,10). The van der Waals surface area contributed by atoms with Crippen LogP contribution < -0.4 is 0 Å². The molecule has 0 saturated heterocycles. The third kappa shape index (κ3) is 12.1. The molecule has 2 N–H and O–H groups in total. The average molecular weight is 212 g/mol. The number of hydrogen-bond acceptors (Lipinski definition) is 3. The van der Waals surface area contributed by atoms with E-state index >= 15 is 0 Å². The largest absolute Gasteiger partial charge is 0.469 e. The Bertz CT molecular complexity index is 164. The predicted molar refractivity (Wildman–Crippen MR) is 48.3 cm³/mol. The number of rotatable bonds is 7. The molecule has 0 atom stereocenters. The Morgan fingerprint density at radius 2 is 1.85 bits per heavy atom. The van der Waals surface area contributed by atoms with Gasteiger partial charge >= 0.3 is 7.82 Å². The Morgan fingerprint density at radius 1 is 1.23 bits per heavy atom. The predicted octanol–water partition coefficient (Wildman–Crippen LogP) is 1.16. The Balaban J connectivity index is 3.14. The van der Waals surface area contributed by atoms with Gasteiger partial charge in [-0.05, 0) is 12.3 Å². The van der Waals surface area contributed by atoms with Crippen molar-refractivity contribution in [3.8, 4) is 0 Å². The maximum Gasteiger partial charge on any atom is 0.469 e. The van der Waals surface area contributed by atoms with E-state index in [9.17, 15) is 4.57 Å². The van der Waals surface area contributed by atoms with Crippen LogP contribution in [0.5, 0.6) is 0 Å². The molecule has 0 rings (SSSR count). The summed E-state index contributed by atoms with van der Waals surface area (Å²) in [4.78, 5) is 16.6. The SMILES string of the molecule is CC(C)CCOCCOP(=O)(O)O. The van der Waals surface area contributed by atoms with Crippen molar-refractivity contribution >= 4 is 7.82 Å². The van der Waals surface area contributed by atoms with Crippen LogP contribution in [0, 0.1) is 5.92 Å². The van der Waals surface area contributed by atoms with Crippen molar-refractivity contribution in [2.45, 2.75) is 20.3 Å². The molecule has 5 nitrogen and oxygen atoms in total. The van der Waals surface area contributed by atoms with Crippen LogP contribution in [-0.4, -0.2) is 29.6 Å². The molecule has 0 bridgehead atoms. The van der Waals surface area contributed by atoms with Crippen LogP contribution in [0.15, 0.2) is 0 Å². The summed E-state index contributed by atoms with van der Waals surface area (Å²) in [6.07, 6.45) is 0.940. The van der Waals surface area contributed by atoms with E-state index in [2.05, 4.69) is 18.4 Å². The fourth-order valence-electron chi connectivity index (χ4n) is 0.636. The van der Waals surface area contributed by atoms with Crippen molar-refractivity contribution in [3.63, 3.8) is 0 Å². The van der Waals surface area contributed by atoms with E-state index in [-0.39, 0.29) is 13.2 Å². The molecule has 0 spiro atoms. The van der Waals surface area contributed by atoms with E-state index in [0.717, 1.165) is 6.42 Å². The zero-order chi connectivity index (χ0) is 10.3. The van der Waals surface area contributed by atoms with E-state index in [1.165, 1.54) is 0 Å². The monoisotopic (exact) mass is 212 g/mol. The Morgan fingerprint density at radius 3 is 2.31 bits per heavy atom. The molecule has 0 amide bonds. The minimum Gasteiger partial charge on any atom is -0.379 e. The van der Waals surface area contributed by atoms with E-state index in [0.29, 0.717) is 12.5 Å². The third-order valence-corrected chi connectivity index (χ3v) is 1.85. The molecule has 0 aromatic rings. The molecule has 13 heavy (non-hydrogen) atoms. The molecule has 0 aromatic heterocycles. The van der Waals surface area contributed by atoms with Gasteiger partial charge in [0, 0.05) is 6.61 Å². The summed E-state index contributed by atoms with van der Waals surface area (Å²) in [5.74, 6) is 0.572.